The summed E-state index contributed by atoms with van der Waals surface area (Å²) in [6, 6.07) is 13.4. The van der Waals surface area contributed by atoms with Crippen molar-refractivity contribution >= 4 is 54.6 Å². The number of ether oxygens (including phenoxy) is 1. The van der Waals surface area contributed by atoms with Crippen molar-refractivity contribution in [3.8, 4) is 11.8 Å². The van der Waals surface area contributed by atoms with Gasteiger partial charge in [0.1, 0.15) is 22.9 Å². The van der Waals surface area contributed by atoms with Crippen molar-refractivity contribution in [1.82, 2.24) is 4.98 Å². The molecule has 0 radical (unpaired) electrons. The average molecular weight is 476 g/mol. The van der Waals surface area contributed by atoms with Gasteiger partial charge in [-0.2, -0.15) is 5.26 Å². The van der Waals surface area contributed by atoms with Crippen LogP contribution in [-0.4, -0.2) is 11.6 Å². The van der Waals surface area contributed by atoms with Crippen molar-refractivity contribution in [2.24, 2.45) is 5.92 Å². The van der Waals surface area contributed by atoms with Gasteiger partial charge in [0.15, 0.2) is 5.58 Å². The Balaban J connectivity index is 1.95. The Morgan fingerprint density at radius 3 is 2.58 bits per heavy atom. The van der Waals surface area contributed by atoms with E-state index in [1.807, 2.05) is 36.4 Å². The number of nitrogens with zero attached hydrogens (tertiary/aromatic N) is 2. The van der Waals surface area contributed by atoms with Gasteiger partial charge in [-0.15, -0.1) is 0 Å². The second-order valence-corrected chi connectivity index (χ2v) is 7.88. The maximum Gasteiger partial charge on any atom is 0.238 e. The minimum Gasteiger partial charge on any atom is -0.491 e. The van der Waals surface area contributed by atoms with E-state index in [1.54, 1.807) is 6.08 Å². The number of benzene rings is 2. The Hall–Kier alpha value is -2.10. The van der Waals surface area contributed by atoms with Gasteiger partial charge in [-0.05, 0) is 73.7 Å². The molecule has 1 heterocycles. The highest BCUT2D eigenvalue weighted by Crippen LogP contribution is 2.36. The number of allylic oxidation sites excluding steroid dienone is 1. The zero-order valence-electron chi connectivity index (χ0n) is 14.3. The van der Waals surface area contributed by atoms with Crippen LogP contribution in [0.1, 0.15) is 25.3 Å². The van der Waals surface area contributed by atoms with Gasteiger partial charge in [-0.1, -0.05) is 26.0 Å². The Labute approximate surface area is 168 Å². The molecule has 0 bridgehead atoms. The molecule has 0 unspecified atom stereocenters. The molecule has 2 aromatic carbocycles. The van der Waals surface area contributed by atoms with E-state index in [0.29, 0.717) is 29.6 Å². The Morgan fingerprint density at radius 2 is 1.96 bits per heavy atom. The number of rotatable bonds is 5. The van der Waals surface area contributed by atoms with Crippen LogP contribution in [0.25, 0.3) is 22.7 Å². The number of hydrogen-bond donors (Lipinski definition) is 0. The predicted octanol–water partition coefficient (Wildman–Crippen LogP) is 6.45. The summed E-state index contributed by atoms with van der Waals surface area (Å²) >= 11 is 7.08. The molecule has 0 amide bonds. The first-order valence-corrected chi connectivity index (χ1v) is 9.66. The van der Waals surface area contributed by atoms with Gasteiger partial charge in [0.2, 0.25) is 5.89 Å². The van der Waals surface area contributed by atoms with Gasteiger partial charge in [-0.3, -0.25) is 0 Å². The number of fused-ring (bicyclic) bond motifs is 1. The van der Waals surface area contributed by atoms with Crippen LogP contribution in [0.4, 0.5) is 0 Å². The first kappa shape index (κ1) is 18.7. The summed E-state index contributed by atoms with van der Waals surface area (Å²) in [5.41, 5.74) is 2.57. The molecule has 0 aliphatic rings. The van der Waals surface area contributed by atoms with Gasteiger partial charge < -0.3 is 9.15 Å². The lowest BCUT2D eigenvalue weighted by atomic mass is 10.1. The zero-order valence-corrected chi connectivity index (χ0v) is 17.5. The predicted molar refractivity (Wildman–Crippen MR) is 110 cm³/mol. The van der Waals surface area contributed by atoms with Gasteiger partial charge >= 0.3 is 0 Å². The standard InChI is InChI=1S/C20H16Br2N2O2/c1-12(2)11-25-19-15(21)8-13(9-16(19)22)7-14(10-23)20-24-17-5-3-4-6-18(17)26-20/h3-9,12H,11H2,1-2H3/b14-7+. The summed E-state index contributed by atoms with van der Waals surface area (Å²) in [5, 5.41) is 9.54. The molecule has 0 N–H and O–H groups in total. The number of hydrogen-bond acceptors (Lipinski definition) is 4. The first-order chi connectivity index (χ1) is 12.5. The molecule has 0 aliphatic heterocycles. The van der Waals surface area contributed by atoms with E-state index >= 15 is 0 Å². The van der Waals surface area contributed by atoms with Crippen molar-refractivity contribution in [2.45, 2.75) is 13.8 Å². The first-order valence-electron chi connectivity index (χ1n) is 8.07. The molecule has 6 heteroatoms. The van der Waals surface area contributed by atoms with Crippen LogP contribution in [0.3, 0.4) is 0 Å². The highest BCUT2D eigenvalue weighted by atomic mass is 79.9. The Kier molecular flexibility index (Phi) is 5.80. The quantitative estimate of drug-likeness (QED) is 0.397. The van der Waals surface area contributed by atoms with Crippen LogP contribution in [0.2, 0.25) is 0 Å². The molecule has 3 aromatic rings. The molecular formula is C20H16Br2N2O2. The molecule has 0 atom stereocenters. The summed E-state index contributed by atoms with van der Waals surface area (Å²) in [5.74, 6) is 1.48. The van der Waals surface area contributed by atoms with Crippen molar-refractivity contribution < 1.29 is 9.15 Å². The minimum absolute atomic E-state index is 0.307. The van der Waals surface area contributed by atoms with Crippen LogP contribution in [0.15, 0.2) is 49.8 Å². The normalized spacial score (nSPS) is 11.8. The maximum absolute atomic E-state index is 9.54. The van der Waals surface area contributed by atoms with Gasteiger partial charge in [0.25, 0.3) is 0 Å². The van der Waals surface area contributed by atoms with Crippen molar-refractivity contribution in [2.75, 3.05) is 6.61 Å². The molecule has 3 rings (SSSR count). The van der Waals surface area contributed by atoms with Crippen molar-refractivity contribution in [1.29, 1.82) is 5.26 Å². The van der Waals surface area contributed by atoms with Gasteiger partial charge in [0, 0.05) is 0 Å². The fraction of sp³-hybridized carbons (Fsp3) is 0.200. The lowest BCUT2D eigenvalue weighted by molar-refractivity contribution is 0.268. The molecular weight excluding hydrogens is 460 g/mol. The largest absolute Gasteiger partial charge is 0.491 e. The van der Waals surface area contributed by atoms with Crippen LogP contribution >= 0.6 is 31.9 Å². The van der Waals surface area contributed by atoms with E-state index in [9.17, 15) is 5.26 Å². The molecule has 1 aromatic heterocycles. The highest BCUT2D eigenvalue weighted by molar-refractivity contribution is 9.11. The Bertz CT molecular complexity index is 960. The number of oxazole rings is 1. The lowest BCUT2D eigenvalue weighted by Crippen LogP contribution is -2.05. The van der Waals surface area contributed by atoms with E-state index in [4.69, 9.17) is 9.15 Å². The van der Waals surface area contributed by atoms with Crippen LogP contribution in [-0.2, 0) is 0 Å². The number of nitriles is 1. The average Bonchev–Trinajstić information content (AvgIpc) is 3.02. The molecule has 132 valence electrons. The Morgan fingerprint density at radius 1 is 1.27 bits per heavy atom. The molecule has 0 saturated carbocycles. The third-order valence-corrected chi connectivity index (χ3v) is 4.72. The monoisotopic (exact) mass is 474 g/mol. The number of aromatic nitrogens is 1. The SMILES string of the molecule is CC(C)COc1c(Br)cc(/C=C(\C#N)c2nc3ccccc3o2)cc1Br. The minimum atomic E-state index is 0.307. The topological polar surface area (TPSA) is 59.0 Å². The molecule has 0 fully saturated rings. The van der Waals surface area contributed by atoms with Crippen LogP contribution in [0.5, 0.6) is 5.75 Å². The number of halogens is 2. The van der Waals surface area contributed by atoms with E-state index in [-0.39, 0.29) is 0 Å². The van der Waals surface area contributed by atoms with E-state index in [2.05, 4.69) is 56.8 Å². The molecule has 0 saturated heterocycles. The lowest BCUT2D eigenvalue weighted by Gasteiger charge is -2.13. The fourth-order valence-electron chi connectivity index (χ4n) is 2.35. The summed E-state index contributed by atoms with van der Waals surface area (Å²) in [6.45, 7) is 4.82. The molecule has 0 aliphatic carbocycles. The maximum atomic E-state index is 9.54. The van der Waals surface area contributed by atoms with Gasteiger partial charge in [0.05, 0.1) is 15.6 Å². The second-order valence-electron chi connectivity index (χ2n) is 6.18. The third-order valence-electron chi connectivity index (χ3n) is 3.54. The van der Waals surface area contributed by atoms with Gasteiger partial charge in [-0.25, -0.2) is 4.98 Å². The summed E-state index contributed by atoms with van der Waals surface area (Å²) < 4.78 is 13.1. The zero-order chi connectivity index (χ0) is 18.7. The molecule has 4 nitrogen and oxygen atoms in total. The summed E-state index contributed by atoms with van der Waals surface area (Å²) in [4.78, 5) is 4.39. The summed E-state index contributed by atoms with van der Waals surface area (Å²) in [6.07, 6.45) is 1.74. The molecule has 26 heavy (non-hydrogen) atoms. The highest BCUT2D eigenvalue weighted by Gasteiger charge is 2.13. The fourth-order valence-corrected chi connectivity index (χ4v) is 3.80. The van der Waals surface area contributed by atoms with Crippen molar-refractivity contribution in [3.05, 3.63) is 56.8 Å². The van der Waals surface area contributed by atoms with Crippen LogP contribution < -0.4 is 4.74 Å². The second kappa shape index (κ2) is 8.07. The van der Waals surface area contributed by atoms with E-state index < -0.39 is 0 Å². The molecule has 0 spiro atoms. The van der Waals surface area contributed by atoms with Crippen LogP contribution in [0, 0.1) is 17.2 Å². The van der Waals surface area contributed by atoms with E-state index in [1.165, 1.54) is 0 Å². The third kappa shape index (κ3) is 4.17. The van der Waals surface area contributed by atoms with Crippen molar-refractivity contribution in [3.63, 3.8) is 0 Å². The number of para-hydroxylation sites is 2. The smallest absolute Gasteiger partial charge is 0.238 e. The van der Waals surface area contributed by atoms with E-state index in [0.717, 1.165) is 25.8 Å². The summed E-state index contributed by atoms with van der Waals surface area (Å²) in [7, 11) is 0.